The Labute approximate surface area is 110 Å². The summed E-state index contributed by atoms with van der Waals surface area (Å²) in [6.07, 6.45) is -0.275. The smallest absolute Gasteiger partial charge is 0.305 e. The van der Waals surface area contributed by atoms with Gasteiger partial charge in [-0.05, 0) is 37.1 Å². The molecular weight excluding hydrogens is 253 g/mol. The third kappa shape index (κ3) is 2.78. The number of ether oxygens (including phenoxy) is 2. The highest BCUT2D eigenvalue weighted by molar-refractivity contribution is 5.68. The molecule has 2 rings (SSSR count). The molecule has 0 saturated heterocycles. The van der Waals surface area contributed by atoms with Crippen molar-refractivity contribution in [2.45, 2.75) is 32.0 Å². The van der Waals surface area contributed by atoms with Gasteiger partial charge in [0.05, 0.1) is 6.42 Å². The first-order valence-electron chi connectivity index (χ1n) is 5.89. The maximum atomic E-state index is 14.2. The molecule has 0 aromatic heterocycles. The van der Waals surface area contributed by atoms with Crippen molar-refractivity contribution >= 4 is 5.97 Å². The Morgan fingerprint density at radius 3 is 2.58 bits per heavy atom. The number of rotatable bonds is 4. The summed E-state index contributed by atoms with van der Waals surface area (Å²) in [5, 5.41) is 8.80. The second-order valence-corrected chi connectivity index (χ2v) is 4.97. The number of halogens is 1. The van der Waals surface area contributed by atoms with Gasteiger partial charge in [0.25, 0.3) is 0 Å². The Morgan fingerprint density at radius 1 is 1.47 bits per heavy atom. The summed E-state index contributed by atoms with van der Waals surface area (Å²) in [6.45, 7) is 2.85. The zero-order valence-corrected chi connectivity index (χ0v) is 10.8. The Morgan fingerprint density at radius 2 is 2.05 bits per heavy atom. The first-order valence-corrected chi connectivity index (χ1v) is 5.89. The van der Waals surface area contributed by atoms with E-state index in [2.05, 4.69) is 0 Å². The van der Waals surface area contributed by atoms with Gasteiger partial charge in [-0.2, -0.15) is 0 Å². The standard InChI is InChI=1S/C13H16FNO4/c1-13(2,14)8-4-11-10(18-6-19-11)3-7(8)9(15)5-12(16)17/h3-4,9H,5-6,15H2,1-2H3,(H,16,17). The molecule has 1 atom stereocenters. The molecule has 3 N–H and O–H groups in total. The van der Waals surface area contributed by atoms with Crippen molar-refractivity contribution in [1.82, 2.24) is 0 Å². The zero-order chi connectivity index (χ0) is 14.2. The van der Waals surface area contributed by atoms with Gasteiger partial charge >= 0.3 is 5.97 Å². The summed E-state index contributed by atoms with van der Waals surface area (Å²) in [4.78, 5) is 10.7. The van der Waals surface area contributed by atoms with Gasteiger partial charge in [0.1, 0.15) is 5.67 Å². The number of carboxylic acids is 1. The normalized spacial score (nSPS) is 15.4. The Hall–Kier alpha value is -1.82. The van der Waals surface area contributed by atoms with Gasteiger partial charge in [-0.25, -0.2) is 4.39 Å². The van der Waals surface area contributed by atoms with E-state index in [1.54, 1.807) is 6.07 Å². The largest absolute Gasteiger partial charge is 0.481 e. The predicted molar refractivity (Wildman–Crippen MR) is 65.9 cm³/mol. The minimum atomic E-state index is -1.65. The molecule has 0 bridgehead atoms. The average molecular weight is 269 g/mol. The van der Waals surface area contributed by atoms with Gasteiger partial charge in [-0.3, -0.25) is 4.79 Å². The number of benzene rings is 1. The maximum absolute atomic E-state index is 14.2. The van der Waals surface area contributed by atoms with Crippen LogP contribution in [0.15, 0.2) is 12.1 Å². The highest BCUT2D eigenvalue weighted by Gasteiger charge is 2.29. The molecule has 0 saturated carbocycles. The fourth-order valence-electron chi connectivity index (χ4n) is 2.08. The molecule has 1 heterocycles. The highest BCUT2D eigenvalue weighted by Crippen LogP contribution is 2.41. The molecule has 1 aromatic rings. The molecule has 19 heavy (non-hydrogen) atoms. The summed E-state index contributed by atoms with van der Waals surface area (Å²) < 4.78 is 24.7. The molecular formula is C13H16FNO4. The molecule has 0 aliphatic carbocycles. The molecule has 1 unspecified atom stereocenters. The van der Waals surface area contributed by atoms with Crippen LogP contribution < -0.4 is 15.2 Å². The van der Waals surface area contributed by atoms with Crippen LogP contribution in [0.5, 0.6) is 11.5 Å². The second kappa shape index (κ2) is 4.70. The Balaban J connectivity index is 2.48. The zero-order valence-electron chi connectivity index (χ0n) is 10.8. The summed E-state index contributed by atoms with van der Waals surface area (Å²) in [7, 11) is 0. The van der Waals surface area contributed by atoms with Crippen LogP contribution in [0.2, 0.25) is 0 Å². The molecule has 0 radical (unpaired) electrons. The summed E-state index contributed by atoms with van der Waals surface area (Å²) >= 11 is 0. The monoisotopic (exact) mass is 269 g/mol. The van der Waals surface area contributed by atoms with Crippen molar-refractivity contribution in [2.75, 3.05) is 6.79 Å². The molecule has 1 aliphatic rings. The summed E-state index contributed by atoms with van der Waals surface area (Å²) in [5.74, 6) is -0.122. The lowest BCUT2D eigenvalue weighted by Gasteiger charge is -2.22. The van der Waals surface area contributed by atoms with Crippen LogP contribution in [0.3, 0.4) is 0 Å². The van der Waals surface area contributed by atoms with Gasteiger partial charge in [0.15, 0.2) is 11.5 Å². The van der Waals surface area contributed by atoms with Crippen molar-refractivity contribution in [1.29, 1.82) is 0 Å². The fourth-order valence-corrected chi connectivity index (χ4v) is 2.08. The fraction of sp³-hybridized carbons (Fsp3) is 0.462. The van der Waals surface area contributed by atoms with Gasteiger partial charge in [0.2, 0.25) is 6.79 Å². The maximum Gasteiger partial charge on any atom is 0.305 e. The predicted octanol–water partition coefficient (Wildman–Crippen LogP) is 2.09. The number of aliphatic carboxylic acids is 1. The number of nitrogens with two attached hydrogens (primary N) is 1. The van der Waals surface area contributed by atoms with Crippen LogP contribution in [-0.4, -0.2) is 17.9 Å². The highest BCUT2D eigenvalue weighted by atomic mass is 19.1. The van der Waals surface area contributed by atoms with Crippen LogP contribution in [-0.2, 0) is 10.5 Å². The van der Waals surface area contributed by atoms with E-state index < -0.39 is 17.7 Å². The number of carboxylic acid groups (broad SMARTS) is 1. The molecule has 6 heteroatoms. The lowest BCUT2D eigenvalue weighted by molar-refractivity contribution is -0.137. The first-order chi connectivity index (χ1) is 8.79. The van der Waals surface area contributed by atoms with E-state index in [0.29, 0.717) is 22.6 Å². The van der Waals surface area contributed by atoms with E-state index in [0.717, 1.165) is 0 Å². The topological polar surface area (TPSA) is 81.8 Å². The third-order valence-corrected chi connectivity index (χ3v) is 2.98. The molecule has 5 nitrogen and oxygen atoms in total. The SMILES string of the molecule is CC(C)(F)c1cc2c(cc1C(N)CC(=O)O)OCO2. The number of fused-ring (bicyclic) bond motifs is 1. The molecule has 0 spiro atoms. The Kier molecular flexibility index (Phi) is 3.36. The van der Waals surface area contributed by atoms with E-state index in [4.69, 9.17) is 20.3 Å². The van der Waals surface area contributed by atoms with Gasteiger partial charge in [0, 0.05) is 6.04 Å². The number of alkyl halides is 1. The number of hydrogen-bond acceptors (Lipinski definition) is 4. The van der Waals surface area contributed by atoms with E-state index in [9.17, 15) is 9.18 Å². The van der Waals surface area contributed by atoms with Crippen LogP contribution in [0, 0.1) is 0 Å². The average Bonchev–Trinajstić information content (AvgIpc) is 2.71. The lowest BCUT2D eigenvalue weighted by atomic mass is 9.89. The Bertz CT molecular complexity index is 510. The molecule has 0 fully saturated rings. The number of carbonyl (C=O) groups is 1. The summed E-state index contributed by atoms with van der Waals surface area (Å²) in [5.41, 5.74) is 4.95. The molecule has 104 valence electrons. The van der Waals surface area contributed by atoms with Crippen LogP contribution in [0.25, 0.3) is 0 Å². The van der Waals surface area contributed by atoms with Gasteiger partial charge in [-0.15, -0.1) is 0 Å². The molecule has 1 aromatic carbocycles. The quantitative estimate of drug-likeness (QED) is 0.874. The van der Waals surface area contributed by atoms with Crippen molar-refractivity contribution in [3.8, 4) is 11.5 Å². The van der Waals surface area contributed by atoms with Crippen LogP contribution in [0.1, 0.15) is 37.4 Å². The first kappa shape index (κ1) is 13.6. The van der Waals surface area contributed by atoms with Crippen molar-refractivity contribution in [2.24, 2.45) is 5.73 Å². The van der Waals surface area contributed by atoms with Crippen molar-refractivity contribution in [3.63, 3.8) is 0 Å². The van der Waals surface area contributed by atoms with E-state index >= 15 is 0 Å². The van der Waals surface area contributed by atoms with Crippen LogP contribution >= 0.6 is 0 Å². The lowest BCUT2D eigenvalue weighted by Crippen LogP contribution is -2.21. The van der Waals surface area contributed by atoms with Crippen molar-refractivity contribution < 1.29 is 23.8 Å². The van der Waals surface area contributed by atoms with Crippen LogP contribution in [0.4, 0.5) is 4.39 Å². The van der Waals surface area contributed by atoms with Gasteiger partial charge in [-0.1, -0.05) is 0 Å². The second-order valence-electron chi connectivity index (χ2n) is 4.97. The minimum Gasteiger partial charge on any atom is -0.481 e. The van der Waals surface area contributed by atoms with E-state index in [-0.39, 0.29) is 13.2 Å². The summed E-state index contributed by atoms with van der Waals surface area (Å²) in [6, 6.07) is 2.29. The minimum absolute atomic E-state index is 0.0686. The third-order valence-electron chi connectivity index (χ3n) is 2.98. The molecule has 0 amide bonds. The van der Waals surface area contributed by atoms with Gasteiger partial charge < -0.3 is 20.3 Å². The van der Waals surface area contributed by atoms with Crippen molar-refractivity contribution in [3.05, 3.63) is 23.3 Å². The van der Waals surface area contributed by atoms with E-state index in [1.165, 1.54) is 19.9 Å². The number of hydrogen-bond donors (Lipinski definition) is 2. The van der Waals surface area contributed by atoms with E-state index in [1.807, 2.05) is 0 Å². The molecule has 1 aliphatic heterocycles.